The first kappa shape index (κ1) is 11.9. The smallest absolute Gasteiger partial charge is 0.134 e. The van der Waals surface area contributed by atoms with Gasteiger partial charge in [-0.3, -0.25) is 4.79 Å². The zero-order chi connectivity index (χ0) is 12.4. The number of hydrogen-bond donors (Lipinski definition) is 0. The molecular weight excluding hydrogens is 236 g/mol. The number of rotatable bonds is 3. The summed E-state index contributed by atoms with van der Waals surface area (Å²) in [7, 11) is 0. The fraction of sp³-hybridized carbons (Fsp3) is 0.231. The van der Waals surface area contributed by atoms with Gasteiger partial charge in [0.15, 0.2) is 0 Å². The van der Waals surface area contributed by atoms with E-state index >= 15 is 0 Å². The van der Waals surface area contributed by atoms with Gasteiger partial charge in [0, 0.05) is 23.2 Å². The third-order valence-electron chi connectivity index (χ3n) is 2.51. The molecule has 1 aromatic carbocycles. The van der Waals surface area contributed by atoms with Gasteiger partial charge >= 0.3 is 0 Å². The van der Waals surface area contributed by atoms with Crippen molar-refractivity contribution in [2.45, 2.75) is 20.3 Å². The molecule has 0 N–H and O–H groups in total. The molecule has 0 amide bonds. The standard InChI is InChI=1S/C13H13ClN2O/c1-9(17)6-11-8-16(15-10(11)2)13-5-3-4-12(14)7-13/h3-5,7-8H,6H2,1-2H3. The van der Waals surface area contributed by atoms with Gasteiger partial charge in [-0.1, -0.05) is 17.7 Å². The molecule has 0 spiro atoms. The summed E-state index contributed by atoms with van der Waals surface area (Å²) < 4.78 is 1.75. The van der Waals surface area contributed by atoms with Crippen LogP contribution in [0.25, 0.3) is 5.69 Å². The molecule has 0 saturated heterocycles. The van der Waals surface area contributed by atoms with Crippen molar-refractivity contribution in [3.63, 3.8) is 0 Å². The largest absolute Gasteiger partial charge is 0.300 e. The Morgan fingerprint density at radius 2 is 2.24 bits per heavy atom. The minimum Gasteiger partial charge on any atom is -0.300 e. The molecule has 3 nitrogen and oxygen atoms in total. The summed E-state index contributed by atoms with van der Waals surface area (Å²) in [5.41, 5.74) is 2.73. The monoisotopic (exact) mass is 248 g/mol. The number of ketones is 1. The van der Waals surface area contributed by atoms with Gasteiger partial charge in [0.2, 0.25) is 0 Å². The quantitative estimate of drug-likeness (QED) is 0.837. The average Bonchev–Trinajstić information content (AvgIpc) is 2.59. The number of nitrogens with zero attached hydrogens (tertiary/aromatic N) is 2. The molecule has 1 aromatic heterocycles. The molecule has 2 rings (SSSR count). The highest BCUT2D eigenvalue weighted by Crippen LogP contribution is 2.16. The van der Waals surface area contributed by atoms with Gasteiger partial charge in [0.05, 0.1) is 11.4 Å². The third kappa shape index (κ3) is 2.74. The van der Waals surface area contributed by atoms with Crippen LogP contribution in [0.3, 0.4) is 0 Å². The molecule has 0 aliphatic carbocycles. The molecule has 0 aliphatic rings. The summed E-state index contributed by atoms with van der Waals surface area (Å²) in [5, 5.41) is 5.05. The average molecular weight is 249 g/mol. The molecule has 0 fully saturated rings. The van der Waals surface area contributed by atoms with Crippen LogP contribution in [0.2, 0.25) is 5.02 Å². The van der Waals surface area contributed by atoms with Crippen molar-refractivity contribution in [2.24, 2.45) is 0 Å². The van der Waals surface area contributed by atoms with E-state index in [9.17, 15) is 4.79 Å². The molecular formula is C13H13ClN2O. The maximum atomic E-state index is 11.1. The molecule has 0 unspecified atom stereocenters. The molecule has 0 saturated carbocycles. The number of carbonyl (C=O) groups excluding carboxylic acids is 1. The topological polar surface area (TPSA) is 34.9 Å². The number of carbonyl (C=O) groups is 1. The van der Waals surface area contributed by atoms with E-state index in [1.54, 1.807) is 11.6 Å². The first-order valence-electron chi connectivity index (χ1n) is 5.37. The van der Waals surface area contributed by atoms with Gasteiger partial charge in [-0.25, -0.2) is 4.68 Å². The lowest BCUT2D eigenvalue weighted by molar-refractivity contribution is -0.116. The van der Waals surface area contributed by atoms with Gasteiger partial charge in [0.1, 0.15) is 5.78 Å². The summed E-state index contributed by atoms with van der Waals surface area (Å²) in [6.07, 6.45) is 2.30. The Bertz CT molecular complexity index is 560. The maximum Gasteiger partial charge on any atom is 0.134 e. The van der Waals surface area contributed by atoms with E-state index in [-0.39, 0.29) is 5.78 Å². The predicted molar refractivity (Wildman–Crippen MR) is 67.7 cm³/mol. The van der Waals surface area contributed by atoms with Crippen LogP contribution in [0.15, 0.2) is 30.5 Å². The van der Waals surface area contributed by atoms with Gasteiger partial charge in [-0.15, -0.1) is 0 Å². The third-order valence-corrected chi connectivity index (χ3v) is 2.75. The first-order chi connectivity index (χ1) is 8.06. The van der Waals surface area contributed by atoms with E-state index in [1.807, 2.05) is 37.4 Å². The van der Waals surface area contributed by atoms with Crippen LogP contribution < -0.4 is 0 Å². The Morgan fingerprint density at radius 3 is 2.88 bits per heavy atom. The molecule has 0 aliphatic heterocycles. The highest BCUT2D eigenvalue weighted by Gasteiger charge is 2.08. The van der Waals surface area contributed by atoms with E-state index in [0.29, 0.717) is 11.4 Å². The van der Waals surface area contributed by atoms with E-state index in [4.69, 9.17) is 11.6 Å². The SMILES string of the molecule is CC(=O)Cc1cn(-c2cccc(Cl)c2)nc1C. The molecule has 88 valence electrons. The lowest BCUT2D eigenvalue weighted by Gasteiger charge is -2.00. The Morgan fingerprint density at radius 1 is 1.47 bits per heavy atom. The lowest BCUT2D eigenvalue weighted by atomic mass is 10.1. The molecule has 0 atom stereocenters. The number of hydrogen-bond acceptors (Lipinski definition) is 2. The molecule has 1 heterocycles. The van der Waals surface area contributed by atoms with Crippen molar-refractivity contribution >= 4 is 17.4 Å². The number of halogens is 1. The van der Waals surface area contributed by atoms with Crippen molar-refractivity contribution < 1.29 is 4.79 Å². The molecule has 4 heteroatoms. The molecule has 0 bridgehead atoms. The molecule has 2 aromatic rings. The van der Waals surface area contributed by atoms with Crippen molar-refractivity contribution in [3.8, 4) is 5.69 Å². The summed E-state index contributed by atoms with van der Waals surface area (Å²) >= 11 is 5.93. The van der Waals surface area contributed by atoms with Gasteiger partial charge in [0.25, 0.3) is 0 Å². The summed E-state index contributed by atoms with van der Waals surface area (Å²) in [5.74, 6) is 0.138. The number of aryl methyl sites for hydroxylation is 1. The van der Waals surface area contributed by atoms with E-state index in [2.05, 4.69) is 5.10 Å². The van der Waals surface area contributed by atoms with E-state index in [0.717, 1.165) is 16.9 Å². The molecule has 0 radical (unpaired) electrons. The van der Waals surface area contributed by atoms with Crippen LogP contribution in [0.1, 0.15) is 18.2 Å². The minimum absolute atomic E-state index is 0.138. The van der Waals surface area contributed by atoms with Crippen LogP contribution in [0, 0.1) is 6.92 Å². The van der Waals surface area contributed by atoms with Crippen molar-refractivity contribution in [2.75, 3.05) is 0 Å². The zero-order valence-electron chi connectivity index (χ0n) is 9.77. The fourth-order valence-electron chi connectivity index (χ4n) is 1.69. The highest BCUT2D eigenvalue weighted by atomic mass is 35.5. The predicted octanol–water partition coefficient (Wildman–Crippen LogP) is 2.97. The first-order valence-corrected chi connectivity index (χ1v) is 5.74. The van der Waals surface area contributed by atoms with Crippen LogP contribution in [0.4, 0.5) is 0 Å². The highest BCUT2D eigenvalue weighted by molar-refractivity contribution is 6.30. The number of Topliss-reactive ketones (excluding diaryl/α,β-unsaturated/α-hetero) is 1. The lowest BCUT2D eigenvalue weighted by Crippen LogP contribution is -1.96. The Balaban J connectivity index is 2.37. The number of benzene rings is 1. The van der Waals surface area contributed by atoms with Crippen molar-refractivity contribution in [1.29, 1.82) is 0 Å². The van der Waals surface area contributed by atoms with Crippen molar-refractivity contribution in [3.05, 3.63) is 46.7 Å². The maximum absolute atomic E-state index is 11.1. The van der Waals surface area contributed by atoms with Crippen LogP contribution in [0.5, 0.6) is 0 Å². The van der Waals surface area contributed by atoms with Crippen LogP contribution in [-0.4, -0.2) is 15.6 Å². The summed E-state index contributed by atoms with van der Waals surface area (Å²) in [4.78, 5) is 11.1. The zero-order valence-corrected chi connectivity index (χ0v) is 10.5. The fourth-order valence-corrected chi connectivity index (χ4v) is 1.87. The van der Waals surface area contributed by atoms with Gasteiger partial charge < -0.3 is 0 Å². The summed E-state index contributed by atoms with van der Waals surface area (Å²) in [6.45, 7) is 3.48. The van der Waals surface area contributed by atoms with Gasteiger partial charge in [-0.2, -0.15) is 5.10 Å². The second kappa shape index (κ2) is 4.72. The second-order valence-corrected chi connectivity index (χ2v) is 4.48. The number of aromatic nitrogens is 2. The second-order valence-electron chi connectivity index (χ2n) is 4.04. The van der Waals surface area contributed by atoms with Crippen LogP contribution in [-0.2, 0) is 11.2 Å². The van der Waals surface area contributed by atoms with E-state index < -0.39 is 0 Å². The Labute approximate surface area is 105 Å². The normalized spacial score (nSPS) is 10.5. The van der Waals surface area contributed by atoms with Crippen molar-refractivity contribution in [1.82, 2.24) is 9.78 Å². The Kier molecular flexibility index (Phi) is 3.29. The summed E-state index contributed by atoms with van der Waals surface area (Å²) in [6, 6.07) is 7.46. The Hall–Kier alpha value is -1.61. The minimum atomic E-state index is 0.138. The van der Waals surface area contributed by atoms with E-state index in [1.165, 1.54) is 0 Å². The van der Waals surface area contributed by atoms with Crippen LogP contribution >= 0.6 is 11.6 Å². The van der Waals surface area contributed by atoms with Gasteiger partial charge in [-0.05, 0) is 32.0 Å². The molecule has 17 heavy (non-hydrogen) atoms.